The molecule has 124 valence electrons. The molecule has 3 N–H and O–H groups in total. The SMILES string of the molecule is O=C(NCc1ccccn1)Nc1ccc(Cl)c(C(=O)NC2CC2)c1. The molecule has 0 aliphatic heterocycles. The van der Waals surface area contributed by atoms with Crippen LogP contribution in [0.25, 0.3) is 0 Å². The van der Waals surface area contributed by atoms with Crippen LogP contribution in [0.5, 0.6) is 0 Å². The second kappa shape index (κ2) is 7.31. The molecule has 2 aromatic rings. The van der Waals surface area contributed by atoms with Gasteiger partial charge >= 0.3 is 6.03 Å². The quantitative estimate of drug-likeness (QED) is 0.779. The van der Waals surface area contributed by atoms with E-state index in [0.717, 1.165) is 18.5 Å². The fourth-order valence-electron chi connectivity index (χ4n) is 2.12. The topological polar surface area (TPSA) is 83.1 Å². The number of carbonyl (C=O) groups is 2. The van der Waals surface area contributed by atoms with Gasteiger partial charge in [0.2, 0.25) is 0 Å². The molecule has 0 radical (unpaired) electrons. The van der Waals surface area contributed by atoms with Crippen molar-refractivity contribution in [3.8, 4) is 0 Å². The Labute approximate surface area is 144 Å². The lowest BCUT2D eigenvalue weighted by Crippen LogP contribution is -2.29. The largest absolute Gasteiger partial charge is 0.349 e. The van der Waals surface area contributed by atoms with Gasteiger partial charge in [0.15, 0.2) is 0 Å². The Bertz CT molecular complexity index is 748. The molecule has 1 aromatic heterocycles. The van der Waals surface area contributed by atoms with Crippen molar-refractivity contribution >= 4 is 29.2 Å². The average Bonchev–Trinajstić information content (AvgIpc) is 3.39. The Kier molecular flexibility index (Phi) is 4.96. The number of urea groups is 1. The molecule has 3 amide bonds. The Morgan fingerprint density at radius 2 is 2.04 bits per heavy atom. The monoisotopic (exact) mass is 344 g/mol. The zero-order valence-corrected chi connectivity index (χ0v) is 13.6. The highest BCUT2D eigenvalue weighted by Gasteiger charge is 2.24. The molecule has 7 heteroatoms. The summed E-state index contributed by atoms with van der Waals surface area (Å²) in [6.45, 7) is 0.315. The number of benzene rings is 1. The predicted molar refractivity (Wildman–Crippen MR) is 92.0 cm³/mol. The molecule has 24 heavy (non-hydrogen) atoms. The zero-order valence-electron chi connectivity index (χ0n) is 12.9. The fraction of sp³-hybridized carbons (Fsp3) is 0.235. The molecule has 1 aliphatic carbocycles. The minimum absolute atomic E-state index is 0.222. The van der Waals surface area contributed by atoms with Crippen LogP contribution in [0.15, 0.2) is 42.6 Å². The first kappa shape index (κ1) is 16.3. The number of nitrogens with one attached hydrogen (secondary N) is 3. The van der Waals surface area contributed by atoms with Crippen LogP contribution >= 0.6 is 11.6 Å². The van der Waals surface area contributed by atoms with E-state index in [4.69, 9.17) is 11.6 Å². The third-order valence-corrected chi connectivity index (χ3v) is 3.87. The average molecular weight is 345 g/mol. The van der Waals surface area contributed by atoms with Crippen LogP contribution in [0.1, 0.15) is 28.9 Å². The highest BCUT2D eigenvalue weighted by molar-refractivity contribution is 6.34. The Morgan fingerprint density at radius 1 is 1.21 bits per heavy atom. The number of rotatable bonds is 5. The first-order valence-corrected chi connectivity index (χ1v) is 8.05. The van der Waals surface area contributed by atoms with E-state index in [0.29, 0.717) is 22.8 Å². The highest BCUT2D eigenvalue weighted by Crippen LogP contribution is 2.23. The molecule has 1 fully saturated rings. The van der Waals surface area contributed by atoms with E-state index in [1.54, 1.807) is 24.4 Å². The lowest BCUT2D eigenvalue weighted by molar-refractivity contribution is 0.0951. The minimum Gasteiger partial charge on any atom is -0.349 e. The van der Waals surface area contributed by atoms with Crippen molar-refractivity contribution in [2.45, 2.75) is 25.4 Å². The number of aromatic nitrogens is 1. The number of amides is 3. The van der Waals surface area contributed by atoms with Crippen molar-refractivity contribution < 1.29 is 9.59 Å². The van der Waals surface area contributed by atoms with E-state index in [1.165, 1.54) is 0 Å². The van der Waals surface area contributed by atoms with Crippen LogP contribution in [0, 0.1) is 0 Å². The van der Waals surface area contributed by atoms with Crippen molar-refractivity contribution in [1.82, 2.24) is 15.6 Å². The number of halogens is 1. The van der Waals surface area contributed by atoms with Gasteiger partial charge in [-0.3, -0.25) is 9.78 Å². The number of pyridine rings is 1. The van der Waals surface area contributed by atoms with Gasteiger partial charge in [0, 0.05) is 17.9 Å². The van der Waals surface area contributed by atoms with E-state index in [9.17, 15) is 9.59 Å². The van der Waals surface area contributed by atoms with Gasteiger partial charge in [0.05, 0.1) is 22.8 Å². The summed E-state index contributed by atoms with van der Waals surface area (Å²) >= 11 is 6.08. The van der Waals surface area contributed by atoms with Crippen LogP contribution < -0.4 is 16.0 Å². The van der Waals surface area contributed by atoms with E-state index < -0.39 is 0 Å². The van der Waals surface area contributed by atoms with Crippen molar-refractivity contribution in [3.05, 3.63) is 58.9 Å². The van der Waals surface area contributed by atoms with E-state index in [-0.39, 0.29) is 18.0 Å². The lowest BCUT2D eigenvalue weighted by atomic mass is 10.2. The van der Waals surface area contributed by atoms with Gasteiger partial charge in [-0.25, -0.2) is 4.79 Å². The van der Waals surface area contributed by atoms with Gasteiger partial charge < -0.3 is 16.0 Å². The van der Waals surface area contributed by atoms with Gasteiger partial charge in [-0.1, -0.05) is 17.7 Å². The first-order chi connectivity index (χ1) is 11.6. The molecule has 1 saturated carbocycles. The first-order valence-electron chi connectivity index (χ1n) is 7.67. The van der Waals surface area contributed by atoms with Crippen LogP contribution in [0.4, 0.5) is 10.5 Å². The fourth-order valence-corrected chi connectivity index (χ4v) is 2.32. The van der Waals surface area contributed by atoms with Gasteiger partial charge in [0.25, 0.3) is 5.91 Å². The molecule has 1 heterocycles. The summed E-state index contributed by atoms with van der Waals surface area (Å²) in [6.07, 6.45) is 3.66. The molecule has 0 bridgehead atoms. The second-order valence-corrected chi connectivity index (χ2v) is 5.98. The number of nitrogens with zero attached hydrogens (tertiary/aromatic N) is 1. The summed E-state index contributed by atoms with van der Waals surface area (Å²) in [6, 6.07) is 10.2. The molecular formula is C17H17ClN4O2. The van der Waals surface area contributed by atoms with Crippen LogP contribution in [-0.2, 0) is 6.54 Å². The predicted octanol–water partition coefficient (Wildman–Crippen LogP) is 2.95. The number of hydrogen-bond acceptors (Lipinski definition) is 3. The van der Waals surface area contributed by atoms with E-state index in [2.05, 4.69) is 20.9 Å². The summed E-state index contributed by atoms with van der Waals surface area (Å²) in [5.74, 6) is -0.222. The number of anilines is 1. The molecule has 1 aromatic carbocycles. The summed E-state index contributed by atoms with van der Waals surface area (Å²) in [5, 5.41) is 8.63. The Morgan fingerprint density at radius 3 is 2.75 bits per heavy atom. The molecule has 0 atom stereocenters. The molecule has 0 saturated heterocycles. The van der Waals surface area contributed by atoms with Gasteiger partial charge in [0.1, 0.15) is 0 Å². The molecule has 6 nitrogen and oxygen atoms in total. The van der Waals surface area contributed by atoms with Crippen LogP contribution in [0.2, 0.25) is 5.02 Å². The van der Waals surface area contributed by atoms with Gasteiger partial charge in [-0.2, -0.15) is 0 Å². The van der Waals surface area contributed by atoms with Crippen molar-refractivity contribution in [2.75, 3.05) is 5.32 Å². The Hall–Kier alpha value is -2.60. The smallest absolute Gasteiger partial charge is 0.319 e. The summed E-state index contributed by atoms with van der Waals surface area (Å²) in [7, 11) is 0. The van der Waals surface area contributed by atoms with E-state index >= 15 is 0 Å². The number of hydrogen-bond donors (Lipinski definition) is 3. The third-order valence-electron chi connectivity index (χ3n) is 3.54. The normalized spacial score (nSPS) is 13.2. The maximum Gasteiger partial charge on any atom is 0.319 e. The molecule has 0 spiro atoms. The molecular weight excluding hydrogens is 328 g/mol. The van der Waals surface area contributed by atoms with Gasteiger partial charge in [-0.15, -0.1) is 0 Å². The molecule has 1 aliphatic rings. The third kappa shape index (κ3) is 4.45. The zero-order chi connectivity index (χ0) is 16.9. The molecule has 3 rings (SSSR count). The number of carbonyl (C=O) groups excluding carboxylic acids is 2. The van der Waals surface area contributed by atoms with Crippen LogP contribution in [0.3, 0.4) is 0 Å². The minimum atomic E-state index is -0.378. The van der Waals surface area contributed by atoms with Crippen molar-refractivity contribution in [2.24, 2.45) is 0 Å². The van der Waals surface area contributed by atoms with Crippen LogP contribution in [-0.4, -0.2) is 23.0 Å². The summed E-state index contributed by atoms with van der Waals surface area (Å²) in [4.78, 5) is 28.2. The van der Waals surface area contributed by atoms with Crippen molar-refractivity contribution in [1.29, 1.82) is 0 Å². The van der Waals surface area contributed by atoms with E-state index in [1.807, 2.05) is 18.2 Å². The van der Waals surface area contributed by atoms with Crippen molar-refractivity contribution in [3.63, 3.8) is 0 Å². The maximum atomic E-state index is 12.1. The molecule has 0 unspecified atom stereocenters. The highest BCUT2D eigenvalue weighted by atomic mass is 35.5. The summed E-state index contributed by atoms with van der Waals surface area (Å²) < 4.78 is 0. The summed E-state index contributed by atoms with van der Waals surface area (Å²) in [5.41, 5.74) is 1.61. The lowest BCUT2D eigenvalue weighted by Gasteiger charge is -2.10. The standard InChI is InChI=1S/C17H17ClN4O2/c18-15-7-6-12(9-14(15)16(23)21-11-4-5-11)22-17(24)20-10-13-3-1-2-8-19-13/h1-3,6-9,11H,4-5,10H2,(H,21,23)(H2,20,22,24). The maximum absolute atomic E-state index is 12.1. The van der Waals surface area contributed by atoms with Gasteiger partial charge in [-0.05, 0) is 43.2 Å². The Balaban J connectivity index is 1.59. The second-order valence-electron chi connectivity index (χ2n) is 5.57.